The highest BCUT2D eigenvalue weighted by Gasteiger charge is 2.28. The molecule has 0 rings (SSSR count). The van der Waals surface area contributed by atoms with Gasteiger partial charge in [-0.05, 0) is 11.3 Å². The normalized spacial score (nSPS) is 14.4. The van der Waals surface area contributed by atoms with Gasteiger partial charge >= 0.3 is 12.2 Å². The second-order valence-corrected chi connectivity index (χ2v) is 4.95. The Morgan fingerprint density at radius 3 is 2.06 bits per heavy atom. The fourth-order valence-electron chi connectivity index (χ4n) is 0.795. The Morgan fingerprint density at radius 2 is 1.69 bits per heavy atom. The fraction of sp³-hybridized carbons (Fsp3) is 0.900. The molecule has 0 fully saturated rings. The summed E-state index contributed by atoms with van der Waals surface area (Å²) in [5.74, 6) is 0.184. The first kappa shape index (κ1) is 15.1. The molecule has 0 aliphatic rings. The molecule has 0 aliphatic carbocycles. The van der Waals surface area contributed by atoms with Crippen molar-refractivity contribution < 1.29 is 18.0 Å². The number of rotatable bonds is 3. The Labute approximate surface area is 93.8 Å². The molecule has 2 amide bonds. The molecule has 0 aromatic heterocycles. The molecule has 3 nitrogen and oxygen atoms in total. The number of urea groups is 1. The van der Waals surface area contributed by atoms with E-state index in [1.165, 1.54) is 0 Å². The summed E-state index contributed by atoms with van der Waals surface area (Å²) < 4.78 is 35.3. The molecule has 0 aliphatic heterocycles. The lowest BCUT2D eigenvalue weighted by Gasteiger charge is -2.27. The molecule has 96 valence electrons. The second kappa shape index (κ2) is 5.41. The first-order valence-electron chi connectivity index (χ1n) is 5.11. The SMILES string of the molecule is CC(CNC(=O)NCC(F)(F)F)C(C)(C)C. The van der Waals surface area contributed by atoms with Crippen LogP contribution in [0.15, 0.2) is 0 Å². The smallest absolute Gasteiger partial charge is 0.338 e. The van der Waals surface area contributed by atoms with Gasteiger partial charge in [0.05, 0.1) is 0 Å². The number of carbonyl (C=O) groups excluding carboxylic acids is 1. The zero-order valence-electron chi connectivity index (χ0n) is 10.0. The predicted octanol–water partition coefficient (Wildman–Crippen LogP) is 2.53. The number of hydrogen-bond donors (Lipinski definition) is 2. The van der Waals surface area contributed by atoms with Crippen molar-refractivity contribution in [1.29, 1.82) is 0 Å². The number of nitrogens with one attached hydrogen (secondary N) is 2. The van der Waals surface area contributed by atoms with E-state index in [9.17, 15) is 18.0 Å². The Morgan fingerprint density at radius 1 is 1.19 bits per heavy atom. The minimum atomic E-state index is -4.37. The van der Waals surface area contributed by atoms with E-state index < -0.39 is 18.8 Å². The molecular weight excluding hydrogens is 221 g/mol. The van der Waals surface area contributed by atoms with Gasteiger partial charge < -0.3 is 10.6 Å². The van der Waals surface area contributed by atoms with Crippen molar-refractivity contribution in [2.45, 2.75) is 33.9 Å². The van der Waals surface area contributed by atoms with E-state index in [1.54, 1.807) is 5.32 Å². The van der Waals surface area contributed by atoms with Crippen LogP contribution >= 0.6 is 0 Å². The Balaban J connectivity index is 3.83. The van der Waals surface area contributed by atoms with Crippen LogP contribution in [-0.2, 0) is 0 Å². The summed E-state index contributed by atoms with van der Waals surface area (Å²) >= 11 is 0. The molecule has 1 unspecified atom stereocenters. The zero-order valence-corrected chi connectivity index (χ0v) is 10.0. The van der Waals surface area contributed by atoms with Gasteiger partial charge in [-0.15, -0.1) is 0 Å². The van der Waals surface area contributed by atoms with Gasteiger partial charge in [0.15, 0.2) is 0 Å². The number of alkyl halides is 3. The molecule has 0 heterocycles. The molecule has 2 N–H and O–H groups in total. The molecule has 0 bridgehead atoms. The molecule has 1 atom stereocenters. The van der Waals surface area contributed by atoms with E-state index in [0.29, 0.717) is 6.54 Å². The zero-order chi connectivity index (χ0) is 13.0. The predicted molar refractivity (Wildman–Crippen MR) is 56.1 cm³/mol. The summed E-state index contributed by atoms with van der Waals surface area (Å²) in [5.41, 5.74) is 0.0112. The van der Waals surface area contributed by atoms with Crippen LogP contribution in [0.4, 0.5) is 18.0 Å². The maximum absolute atomic E-state index is 11.8. The van der Waals surface area contributed by atoms with Crippen molar-refractivity contribution >= 4 is 6.03 Å². The van der Waals surface area contributed by atoms with Crippen LogP contribution in [0.25, 0.3) is 0 Å². The van der Waals surface area contributed by atoms with Gasteiger partial charge in [0.2, 0.25) is 0 Å². The molecule has 0 spiro atoms. The Kier molecular flexibility index (Phi) is 5.09. The molecule has 0 aromatic rings. The lowest BCUT2D eigenvalue weighted by Crippen LogP contribution is -2.43. The van der Waals surface area contributed by atoms with Crippen molar-refractivity contribution in [3.05, 3.63) is 0 Å². The minimum Gasteiger partial charge on any atom is -0.338 e. The molecule has 0 radical (unpaired) electrons. The van der Waals surface area contributed by atoms with Gasteiger partial charge in [-0.2, -0.15) is 13.2 Å². The van der Waals surface area contributed by atoms with Crippen molar-refractivity contribution in [3.8, 4) is 0 Å². The standard InChI is InChI=1S/C10H19F3N2O/c1-7(9(2,3)4)5-14-8(16)15-6-10(11,12)13/h7H,5-6H2,1-4H3,(H2,14,15,16). The maximum Gasteiger partial charge on any atom is 0.405 e. The highest BCUT2D eigenvalue weighted by Crippen LogP contribution is 2.24. The van der Waals surface area contributed by atoms with Gasteiger partial charge in [-0.25, -0.2) is 4.79 Å². The summed E-state index contributed by atoms with van der Waals surface area (Å²) in [6.07, 6.45) is -4.37. The molecule has 6 heteroatoms. The van der Waals surface area contributed by atoms with E-state index in [4.69, 9.17) is 0 Å². The van der Waals surface area contributed by atoms with Crippen LogP contribution in [-0.4, -0.2) is 25.3 Å². The maximum atomic E-state index is 11.8. The van der Waals surface area contributed by atoms with Gasteiger partial charge in [-0.1, -0.05) is 27.7 Å². The summed E-state index contributed by atoms with van der Waals surface area (Å²) in [6.45, 7) is 7.01. The van der Waals surface area contributed by atoms with Crippen molar-refractivity contribution in [2.24, 2.45) is 11.3 Å². The summed E-state index contributed by atoms with van der Waals surface area (Å²) in [7, 11) is 0. The van der Waals surface area contributed by atoms with Crippen molar-refractivity contribution in [2.75, 3.05) is 13.1 Å². The number of hydrogen-bond acceptors (Lipinski definition) is 1. The first-order valence-corrected chi connectivity index (χ1v) is 5.11. The molecular formula is C10H19F3N2O. The highest BCUT2D eigenvalue weighted by atomic mass is 19.4. The van der Waals surface area contributed by atoms with Crippen LogP contribution in [0.2, 0.25) is 0 Å². The lowest BCUT2D eigenvalue weighted by atomic mass is 9.82. The third kappa shape index (κ3) is 7.36. The summed E-state index contributed by atoms with van der Waals surface area (Å²) in [4.78, 5) is 11.0. The lowest BCUT2D eigenvalue weighted by molar-refractivity contribution is -0.122. The van der Waals surface area contributed by atoms with Crippen LogP contribution in [0, 0.1) is 11.3 Å². The summed E-state index contributed by atoms with van der Waals surface area (Å²) in [6, 6.07) is -0.784. The van der Waals surface area contributed by atoms with Crippen LogP contribution in [0.5, 0.6) is 0 Å². The van der Waals surface area contributed by atoms with Crippen molar-refractivity contribution in [3.63, 3.8) is 0 Å². The van der Waals surface area contributed by atoms with Gasteiger partial charge in [0.25, 0.3) is 0 Å². The van der Waals surface area contributed by atoms with Crippen molar-refractivity contribution in [1.82, 2.24) is 10.6 Å². The van der Waals surface area contributed by atoms with Gasteiger partial charge in [-0.3, -0.25) is 0 Å². The molecule has 0 saturated heterocycles. The Bertz CT molecular complexity index is 233. The quantitative estimate of drug-likeness (QED) is 0.782. The van der Waals surface area contributed by atoms with Crippen LogP contribution < -0.4 is 10.6 Å². The Hall–Kier alpha value is -0.940. The van der Waals surface area contributed by atoms with E-state index in [1.807, 2.05) is 27.7 Å². The second-order valence-electron chi connectivity index (χ2n) is 4.95. The third-order valence-electron chi connectivity index (χ3n) is 2.50. The summed E-state index contributed by atoms with van der Waals surface area (Å²) in [5, 5.41) is 4.17. The van der Waals surface area contributed by atoms with Gasteiger partial charge in [0, 0.05) is 6.54 Å². The average Bonchev–Trinajstić information content (AvgIpc) is 2.08. The van der Waals surface area contributed by atoms with E-state index in [-0.39, 0.29) is 11.3 Å². The molecule has 0 saturated carbocycles. The van der Waals surface area contributed by atoms with E-state index in [0.717, 1.165) is 0 Å². The number of carbonyl (C=O) groups is 1. The number of halogens is 3. The van der Waals surface area contributed by atoms with Crippen LogP contribution in [0.3, 0.4) is 0 Å². The number of amides is 2. The van der Waals surface area contributed by atoms with Crippen LogP contribution in [0.1, 0.15) is 27.7 Å². The first-order chi connectivity index (χ1) is 7.02. The van der Waals surface area contributed by atoms with E-state index in [2.05, 4.69) is 5.32 Å². The minimum absolute atomic E-state index is 0.0112. The molecule has 16 heavy (non-hydrogen) atoms. The highest BCUT2D eigenvalue weighted by molar-refractivity contribution is 5.73. The topological polar surface area (TPSA) is 41.1 Å². The largest absolute Gasteiger partial charge is 0.405 e. The monoisotopic (exact) mass is 240 g/mol. The van der Waals surface area contributed by atoms with E-state index >= 15 is 0 Å². The molecule has 0 aromatic carbocycles. The van der Waals surface area contributed by atoms with Gasteiger partial charge in [0.1, 0.15) is 6.54 Å². The third-order valence-corrected chi connectivity index (χ3v) is 2.50. The average molecular weight is 240 g/mol. The fourth-order valence-corrected chi connectivity index (χ4v) is 0.795.